The van der Waals surface area contributed by atoms with E-state index < -0.39 is 0 Å². The molecule has 0 radical (unpaired) electrons. The van der Waals surface area contributed by atoms with Gasteiger partial charge in [-0.2, -0.15) is 0 Å². The molecule has 0 amide bonds. The molecule has 4 heteroatoms. The number of rotatable bonds is 4. The molecule has 0 aliphatic heterocycles. The van der Waals surface area contributed by atoms with Crippen molar-refractivity contribution in [3.8, 4) is 0 Å². The van der Waals surface area contributed by atoms with Crippen molar-refractivity contribution in [2.45, 2.75) is 32.2 Å². The topological polar surface area (TPSA) is 64.3 Å². The van der Waals surface area contributed by atoms with Gasteiger partial charge in [-0.05, 0) is 37.8 Å². The monoisotopic (exact) mass is 248 g/mol. The first-order valence-electron chi connectivity index (χ1n) is 6.37. The van der Waals surface area contributed by atoms with Gasteiger partial charge in [0, 0.05) is 6.04 Å². The predicted molar refractivity (Wildman–Crippen MR) is 72.6 cm³/mol. The zero-order valence-corrected chi connectivity index (χ0v) is 10.9. The van der Waals surface area contributed by atoms with Crippen LogP contribution in [0.5, 0.6) is 0 Å². The minimum Gasteiger partial charge on any atom is -0.465 e. The quantitative estimate of drug-likeness (QED) is 0.635. The van der Waals surface area contributed by atoms with Crippen LogP contribution in [0.15, 0.2) is 18.2 Å². The summed E-state index contributed by atoms with van der Waals surface area (Å²) in [6.45, 7) is 2.14. The van der Waals surface area contributed by atoms with E-state index >= 15 is 0 Å². The third-order valence-electron chi connectivity index (χ3n) is 3.73. The SMILES string of the molecule is COC(=O)c1cccc(N)c1NC(C)C1CCC1. The summed E-state index contributed by atoms with van der Waals surface area (Å²) in [5.74, 6) is 0.320. The van der Waals surface area contributed by atoms with Gasteiger partial charge in [-0.25, -0.2) is 4.79 Å². The second-order valence-corrected chi connectivity index (χ2v) is 4.89. The number of para-hydroxylation sites is 1. The van der Waals surface area contributed by atoms with Gasteiger partial charge in [0.25, 0.3) is 0 Å². The Kier molecular flexibility index (Phi) is 3.75. The highest BCUT2D eigenvalue weighted by Gasteiger charge is 2.25. The summed E-state index contributed by atoms with van der Waals surface area (Å²) < 4.78 is 4.78. The smallest absolute Gasteiger partial charge is 0.340 e. The van der Waals surface area contributed by atoms with Crippen molar-refractivity contribution >= 4 is 17.3 Å². The Morgan fingerprint density at radius 3 is 2.78 bits per heavy atom. The van der Waals surface area contributed by atoms with Crippen LogP contribution in [0, 0.1) is 5.92 Å². The molecule has 1 aromatic rings. The Hall–Kier alpha value is -1.71. The van der Waals surface area contributed by atoms with E-state index in [1.807, 2.05) is 0 Å². The minimum absolute atomic E-state index is 0.326. The van der Waals surface area contributed by atoms with Crippen molar-refractivity contribution in [1.29, 1.82) is 0 Å². The molecule has 0 saturated heterocycles. The lowest BCUT2D eigenvalue weighted by Gasteiger charge is -2.33. The summed E-state index contributed by atoms with van der Waals surface area (Å²) in [5, 5.41) is 3.37. The van der Waals surface area contributed by atoms with Crippen molar-refractivity contribution in [2.75, 3.05) is 18.2 Å². The normalized spacial score (nSPS) is 16.8. The summed E-state index contributed by atoms with van der Waals surface area (Å²) >= 11 is 0. The maximum Gasteiger partial charge on any atom is 0.340 e. The van der Waals surface area contributed by atoms with Gasteiger partial charge in [0.2, 0.25) is 0 Å². The fraction of sp³-hybridized carbons (Fsp3) is 0.500. The van der Waals surface area contributed by atoms with Crippen molar-refractivity contribution in [3.05, 3.63) is 23.8 Å². The minimum atomic E-state index is -0.356. The van der Waals surface area contributed by atoms with Gasteiger partial charge in [-0.3, -0.25) is 0 Å². The fourth-order valence-electron chi connectivity index (χ4n) is 2.30. The molecule has 0 heterocycles. The fourth-order valence-corrected chi connectivity index (χ4v) is 2.30. The number of nitrogen functional groups attached to an aromatic ring is 1. The Morgan fingerprint density at radius 2 is 2.22 bits per heavy atom. The number of hydrogen-bond acceptors (Lipinski definition) is 4. The van der Waals surface area contributed by atoms with Crippen LogP contribution in [0.3, 0.4) is 0 Å². The first kappa shape index (κ1) is 12.7. The van der Waals surface area contributed by atoms with Gasteiger partial charge in [0.1, 0.15) is 0 Å². The molecule has 1 aliphatic rings. The van der Waals surface area contributed by atoms with Crippen LogP contribution in [0.25, 0.3) is 0 Å². The van der Waals surface area contributed by atoms with E-state index in [1.54, 1.807) is 18.2 Å². The molecule has 1 saturated carbocycles. The third kappa shape index (κ3) is 2.42. The Bertz CT molecular complexity index is 441. The first-order chi connectivity index (χ1) is 8.63. The van der Waals surface area contributed by atoms with Crippen LogP contribution >= 0.6 is 0 Å². The van der Waals surface area contributed by atoms with Gasteiger partial charge in [0.05, 0.1) is 24.0 Å². The highest BCUT2D eigenvalue weighted by molar-refractivity contribution is 5.98. The molecule has 0 spiro atoms. The number of carbonyl (C=O) groups is 1. The van der Waals surface area contributed by atoms with Gasteiger partial charge in [0.15, 0.2) is 0 Å². The van der Waals surface area contributed by atoms with Crippen molar-refractivity contribution in [3.63, 3.8) is 0 Å². The molecule has 98 valence electrons. The zero-order valence-electron chi connectivity index (χ0n) is 10.9. The van der Waals surface area contributed by atoms with Gasteiger partial charge in [-0.1, -0.05) is 12.5 Å². The van der Waals surface area contributed by atoms with E-state index in [9.17, 15) is 4.79 Å². The average molecular weight is 248 g/mol. The van der Waals surface area contributed by atoms with Gasteiger partial charge in [-0.15, -0.1) is 0 Å². The Morgan fingerprint density at radius 1 is 1.50 bits per heavy atom. The van der Waals surface area contributed by atoms with Crippen LogP contribution in [0.1, 0.15) is 36.5 Å². The molecular formula is C14H20N2O2. The lowest BCUT2D eigenvalue weighted by molar-refractivity contribution is 0.0601. The second kappa shape index (κ2) is 5.29. The molecule has 0 bridgehead atoms. The van der Waals surface area contributed by atoms with E-state index in [1.165, 1.54) is 26.4 Å². The van der Waals surface area contributed by atoms with E-state index in [0.29, 0.717) is 28.9 Å². The van der Waals surface area contributed by atoms with Crippen LogP contribution in [-0.4, -0.2) is 19.1 Å². The molecule has 1 aliphatic carbocycles. The number of anilines is 2. The number of hydrogen-bond donors (Lipinski definition) is 2. The van der Waals surface area contributed by atoms with Crippen LogP contribution < -0.4 is 11.1 Å². The summed E-state index contributed by atoms with van der Waals surface area (Å²) in [7, 11) is 1.38. The summed E-state index contributed by atoms with van der Waals surface area (Å²) in [4.78, 5) is 11.7. The molecule has 2 rings (SSSR count). The molecule has 4 nitrogen and oxygen atoms in total. The maximum absolute atomic E-state index is 11.7. The van der Waals surface area contributed by atoms with Crippen molar-refractivity contribution < 1.29 is 9.53 Å². The number of esters is 1. The van der Waals surface area contributed by atoms with Crippen molar-refractivity contribution in [2.24, 2.45) is 5.92 Å². The van der Waals surface area contributed by atoms with E-state index in [-0.39, 0.29) is 5.97 Å². The number of nitrogens with two attached hydrogens (primary N) is 1. The molecule has 3 N–H and O–H groups in total. The van der Waals surface area contributed by atoms with Crippen molar-refractivity contribution in [1.82, 2.24) is 0 Å². The molecule has 1 fully saturated rings. The van der Waals surface area contributed by atoms with E-state index in [0.717, 1.165) is 0 Å². The van der Waals surface area contributed by atoms with Gasteiger partial charge >= 0.3 is 5.97 Å². The number of carbonyl (C=O) groups excluding carboxylic acids is 1. The summed E-state index contributed by atoms with van der Waals surface area (Å²) in [5.41, 5.74) is 7.74. The average Bonchev–Trinajstić information content (AvgIpc) is 2.28. The lowest BCUT2D eigenvalue weighted by atomic mass is 9.80. The Labute approximate surface area is 108 Å². The van der Waals surface area contributed by atoms with Crippen LogP contribution in [-0.2, 0) is 4.74 Å². The molecular weight excluding hydrogens is 228 g/mol. The Balaban J connectivity index is 2.21. The number of nitrogens with one attached hydrogen (secondary N) is 1. The van der Waals surface area contributed by atoms with E-state index in [4.69, 9.17) is 10.5 Å². The molecule has 1 unspecified atom stereocenters. The predicted octanol–water partition coefficient (Wildman–Crippen LogP) is 2.66. The largest absolute Gasteiger partial charge is 0.465 e. The summed E-state index contributed by atoms with van der Waals surface area (Å²) in [6.07, 6.45) is 3.79. The summed E-state index contributed by atoms with van der Waals surface area (Å²) in [6, 6.07) is 5.62. The third-order valence-corrected chi connectivity index (χ3v) is 3.73. The first-order valence-corrected chi connectivity index (χ1v) is 6.37. The molecule has 0 aromatic heterocycles. The lowest BCUT2D eigenvalue weighted by Crippen LogP contribution is -2.31. The standard InChI is InChI=1S/C14H20N2O2/c1-9(10-5-3-6-10)16-13-11(14(17)18-2)7-4-8-12(13)15/h4,7-10,16H,3,5-6,15H2,1-2H3. The van der Waals surface area contributed by atoms with Crippen LogP contribution in [0.4, 0.5) is 11.4 Å². The second-order valence-electron chi connectivity index (χ2n) is 4.89. The number of ether oxygens (including phenoxy) is 1. The number of methoxy groups -OCH3 is 1. The van der Waals surface area contributed by atoms with Gasteiger partial charge < -0.3 is 15.8 Å². The maximum atomic E-state index is 11.7. The highest BCUT2D eigenvalue weighted by Crippen LogP contribution is 2.33. The highest BCUT2D eigenvalue weighted by atomic mass is 16.5. The number of benzene rings is 1. The molecule has 1 atom stereocenters. The zero-order chi connectivity index (χ0) is 13.1. The van der Waals surface area contributed by atoms with E-state index in [2.05, 4.69) is 12.2 Å². The molecule has 18 heavy (non-hydrogen) atoms. The molecule has 1 aromatic carbocycles. The van der Waals surface area contributed by atoms with Crippen LogP contribution in [0.2, 0.25) is 0 Å².